The Morgan fingerprint density at radius 1 is 1.25 bits per heavy atom. The quantitative estimate of drug-likeness (QED) is 0.884. The zero-order valence-electron chi connectivity index (χ0n) is 12.3. The van der Waals surface area contributed by atoms with Crippen LogP contribution in [0.2, 0.25) is 0 Å². The average molecular weight is 275 g/mol. The second-order valence-electron chi connectivity index (χ2n) is 5.67. The summed E-state index contributed by atoms with van der Waals surface area (Å²) in [6.07, 6.45) is 6.85. The van der Waals surface area contributed by atoms with Gasteiger partial charge in [-0.3, -0.25) is 0 Å². The summed E-state index contributed by atoms with van der Waals surface area (Å²) in [7, 11) is 0. The summed E-state index contributed by atoms with van der Waals surface area (Å²) in [4.78, 5) is 11.8. The number of amides is 1. The topological polar surface area (TPSA) is 38.3 Å². The van der Waals surface area contributed by atoms with Crippen LogP contribution in [0.4, 0.5) is 4.79 Å². The van der Waals surface area contributed by atoms with Gasteiger partial charge in [-0.25, -0.2) is 4.79 Å². The number of carbonyl (C=O) groups excluding carboxylic acids is 1. The van der Waals surface area contributed by atoms with Crippen LogP contribution < -0.4 is 5.32 Å². The molecular weight excluding hydrogens is 250 g/mol. The first-order chi connectivity index (χ1) is 9.75. The molecule has 0 bridgehead atoms. The van der Waals surface area contributed by atoms with Gasteiger partial charge in [-0.1, -0.05) is 49.6 Å². The highest BCUT2D eigenvalue weighted by atomic mass is 16.6. The minimum absolute atomic E-state index is 0.0343. The van der Waals surface area contributed by atoms with Crippen molar-refractivity contribution in [2.24, 2.45) is 5.92 Å². The molecule has 0 saturated heterocycles. The van der Waals surface area contributed by atoms with Gasteiger partial charge in [0.05, 0.1) is 0 Å². The van der Waals surface area contributed by atoms with Gasteiger partial charge in [-0.2, -0.15) is 0 Å². The van der Waals surface area contributed by atoms with Crippen LogP contribution in [0.1, 0.15) is 44.6 Å². The Bertz CT molecular complexity index is 399. The molecule has 20 heavy (non-hydrogen) atoms. The summed E-state index contributed by atoms with van der Waals surface area (Å²) < 4.78 is 5.48. The maximum atomic E-state index is 11.8. The van der Waals surface area contributed by atoms with Gasteiger partial charge < -0.3 is 10.1 Å². The first-order valence-electron chi connectivity index (χ1n) is 7.74. The maximum absolute atomic E-state index is 11.8. The minimum Gasteiger partial charge on any atom is -0.446 e. The zero-order valence-corrected chi connectivity index (χ0v) is 12.3. The zero-order chi connectivity index (χ0) is 14.2. The third-order valence-corrected chi connectivity index (χ3v) is 4.13. The van der Waals surface area contributed by atoms with Crippen LogP contribution in [0.25, 0.3) is 0 Å². The summed E-state index contributed by atoms with van der Waals surface area (Å²) in [6, 6.07) is 10.2. The van der Waals surface area contributed by atoms with E-state index < -0.39 is 0 Å². The number of carbonyl (C=O) groups is 1. The summed E-state index contributed by atoms with van der Waals surface area (Å²) in [5.74, 6) is 0.545. The normalized spacial score (nSPS) is 17.4. The van der Waals surface area contributed by atoms with Crippen molar-refractivity contribution in [3.63, 3.8) is 0 Å². The molecule has 1 atom stereocenters. The molecule has 2 rings (SSSR count). The van der Waals surface area contributed by atoms with Crippen LogP contribution in [-0.4, -0.2) is 18.7 Å². The van der Waals surface area contributed by atoms with E-state index in [4.69, 9.17) is 4.74 Å². The number of ether oxygens (including phenoxy) is 1. The molecule has 110 valence electrons. The van der Waals surface area contributed by atoms with Crippen LogP contribution in [0.15, 0.2) is 30.3 Å². The fourth-order valence-corrected chi connectivity index (χ4v) is 2.86. The van der Waals surface area contributed by atoms with Crippen LogP contribution in [-0.2, 0) is 11.2 Å². The molecule has 3 nitrogen and oxygen atoms in total. The van der Waals surface area contributed by atoms with Gasteiger partial charge in [0.15, 0.2) is 0 Å². The Morgan fingerprint density at radius 2 is 1.95 bits per heavy atom. The van der Waals surface area contributed by atoms with Crippen molar-refractivity contribution in [1.29, 1.82) is 0 Å². The Morgan fingerprint density at radius 3 is 2.65 bits per heavy atom. The highest BCUT2D eigenvalue weighted by Gasteiger charge is 2.22. The second-order valence-corrected chi connectivity index (χ2v) is 5.67. The number of nitrogens with one attached hydrogen (secondary N) is 1. The minimum atomic E-state index is -0.279. The van der Waals surface area contributed by atoms with Gasteiger partial charge in [-0.15, -0.1) is 0 Å². The number of rotatable bonds is 5. The van der Waals surface area contributed by atoms with Crippen molar-refractivity contribution in [1.82, 2.24) is 5.32 Å². The van der Waals surface area contributed by atoms with Gasteiger partial charge in [-0.05, 0) is 37.7 Å². The first-order valence-corrected chi connectivity index (χ1v) is 7.74. The van der Waals surface area contributed by atoms with E-state index in [2.05, 4.69) is 17.4 Å². The van der Waals surface area contributed by atoms with E-state index in [0.717, 1.165) is 6.42 Å². The van der Waals surface area contributed by atoms with E-state index in [-0.39, 0.29) is 12.2 Å². The molecule has 1 aliphatic carbocycles. The molecule has 1 aromatic carbocycles. The SMILES string of the molecule is CC(OC(=O)NCCc1ccccc1)C1CCCCC1. The molecule has 0 aliphatic heterocycles. The molecule has 3 heteroatoms. The lowest BCUT2D eigenvalue weighted by Crippen LogP contribution is -2.33. The Labute approximate surface area is 121 Å². The van der Waals surface area contributed by atoms with Crippen LogP contribution in [0.3, 0.4) is 0 Å². The average Bonchev–Trinajstić information content (AvgIpc) is 2.49. The predicted octanol–water partition coefficient (Wildman–Crippen LogP) is 3.92. The first kappa shape index (κ1) is 14.9. The molecule has 1 fully saturated rings. The van der Waals surface area contributed by atoms with Gasteiger partial charge in [0, 0.05) is 6.54 Å². The van der Waals surface area contributed by atoms with Crippen molar-refractivity contribution in [3.8, 4) is 0 Å². The fraction of sp³-hybridized carbons (Fsp3) is 0.588. The molecule has 1 N–H and O–H groups in total. The molecule has 0 radical (unpaired) electrons. The third kappa shape index (κ3) is 4.87. The molecular formula is C17H25NO2. The maximum Gasteiger partial charge on any atom is 0.407 e. The number of benzene rings is 1. The molecule has 1 aliphatic rings. The Hall–Kier alpha value is -1.51. The summed E-state index contributed by atoms with van der Waals surface area (Å²) >= 11 is 0. The predicted molar refractivity (Wildman–Crippen MR) is 80.7 cm³/mol. The van der Waals surface area contributed by atoms with Crippen LogP contribution >= 0.6 is 0 Å². The highest BCUT2D eigenvalue weighted by Crippen LogP contribution is 2.27. The van der Waals surface area contributed by atoms with Crippen molar-refractivity contribution in [2.45, 2.75) is 51.6 Å². The number of hydrogen-bond acceptors (Lipinski definition) is 2. The monoisotopic (exact) mass is 275 g/mol. The summed E-state index contributed by atoms with van der Waals surface area (Å²) in [6.45, 7) is 2.65. The molecule has 0 spiro atoms. The van der Waals surface area contributed by atoms with Gasteiger partial charge >= 0.3 is 6.09 Å². The van der Waals surface area contributed by atoms with E-state index in [1.165, 1.54) is 37.7 Å². The van der Waals surface area contributed by atoms with E-state index in [0.29, 0.717) is 12.5 Å². The Kier molecular flexibility index (Phi) is 5.90. The summed E-state index contributed by atoms with van der Waals surface area (Å²) in [5.41, 5.74) is 1.23. The fourth-order valence-electron chi connectivity index (χ4n) is 2.86. The lowest BCUT2D eigenvalue weighted by atomic mass is 9.86. The van der Waals surface area contributed by atoms with Gasteiger partial charge in [0.1, 0.15) is 6.10 Å². The van der Waals surface area contributed by atoms with E-state index in [9.17, 15) is 4.79 Å². The van der Waals surface area contributed by atoms with Crippen LogP contribution in [0.5, 0.6) is 0 Å². The lowest BCUT2D eigenvalue weighted by Gasteiger charge is -2.27. The highest BCUT2D eigenvalue weighted by molar-refractivity contribution is 5.67. The van der Waals surface area contributed by atoms with Crippen molar-refractivity contribution in [3.05, 3.63) is 35.9 Å². The van der Waals surface area contributed by atoms with E-state index in [1.807, 2.05) is 25.1 Å². The lowest BCUT2D eigenvalue weighted by molar-refractivity contribution is 0.0596. The number of alkyl carbamates (subject to hydrolysis) is 1. The summed E-state index contributed by atoms with van der Waals surface area (Å²) in [5, 5.41) is 2.84. The van der Waals surface area contributed by atoms with Crippen molar-refractivity contribution in [2.75, 3.05) is 6.54 Å². The third-order valence-electron chi connectivity index (χ3n) is 4.13. The molecule has 0 heterocycles. The molecule has 1 aromatic rings. The molecule has 1 unspecified atom stereocenters. The van der Waals surface area contributed by atoms with Gasteiger partial charge in [0.2, 0.25) is 0 Å². The molecule has 1 saturated carbocycles. The standard InChI is InChI=1S/C17H25NO2/c1-14(16-10-6-3-7-11-16)20-17(19)18-13-12-15-8-4-2-5-9-15/h2,4-5,8-9,14,16H,3,6-7,10-13H2,1H3,(H,18,19). The van der Waals surface area contributed by atoms with E-state index >= 15 is 0 Å². The molecule has 0 aromatic heterocycles. The Balaban J connectivity index is 1.64. The van der Waals surface area contributed by atoms with Crippen molar-refractivity contribution >= 4 is 6.09 Å². The van der Waals surface area contributed by atoms with Crippen LogP contribution in [0, 0.1) is 5.92 Å². The van der Waals surface area contributed by atoms with Crippen molar-refractivity contribution < 1.29 is 9.53 Å². The largest absolute Gasteiger partial charge is 0.446 e. The van der Waals surface area contributed by atoms with E-state index in [1.54, 1.807) is 0 Å². The molecule has 1 amide bonds. The smallest absolute Gasteiger partial charge is 0.407 e. The second kappa shape index (κ2) is 7.93. The van der Waals surface area contributed by atoms with Gasteiger partial charge in [0.25, 0.3) is 0 Å². The number of hydrogen-bond donors (Lipinski definition) is 1.